The average Bonchev–Trinajstić information content (AvgIpc) is 3.24. The van der Waals surface area contributed by atoms with Crippen LogP contribution in [-0.4, -0.2) is 29.2 Å². The molecule has 0 spiro atoms. The Balaban J connectivity index is 1.49. The molecule has 2 bridgehead atoms. The van der Waals surface area contributed by atoms with Gasteiger partial charge in [-0.2, -0.15) is 13.2 Å². The number of anilines is 1. The first-order valence-corrected chi connectivity index (χ1v) is 8.27. The minimum absolute atomic E-state index is 0.0143. The van der Waals surface area contributed by atoms with Crippen molar-refractivity contribution < 1.29 is 27.6 Å². The second-order valence-electron chi connectivity index (χ2n) is 6.85. The number of nitrogens with zero attached hydrogens (tertiary/aromatic N) is 1. The van der Waals surface area contributed by atoms with Crippen molar-refractivity contribution in [3.8, 4) is 0 Å². The number of benzene rings is 1. The zero-order chi connectivity index (χ0) is 18.6. The van der Waals surface area contributed by atoms with E-state index < -0.39 is 53.5 Å². The average molecular weight is 364 g/mol. The first-order valence-electron chi connectivity index (χ1n) is 8.27. The molecule has 1 heterocycles. The number of likely N-dealkylation sites (tertiary alicyclic amines) is 1. The smallest absolute Gasteiger partial charge is 0.324 e. The van der Waals surface area contributed by atoms with Crippen LogP contribution in [0.1, 0.15) is 12.0 Å². The molecule has 4 atom stereocenters. The number of carbonyl (C=O) groups is 3. The van der Waals surface area contributed by atoms with Crippen LogP contribution in [0.15, 0.2) is 36.4 Å². The van der Waals surface area contributed by atoms with E-state index >= 15 is 0 Å². The standard InChI is InChI=1S/C18H15F3N2O3/c19-18(20,21)11-3-1-2-4-12(11)22-13(24)8-23-16(25)14-9-5-6-10(7-9)15(14)17(23)26/h1-6,9-10,14-15H,7-8H2,(H,22,24)/t9-,10+,14-,15+. The van der Waals surface area contributed by atoms with E-state index in [0.717, 1.165) is 23.5 Å². The molecule has 3 aliphatic rings. The van der Waals surface area contributed by atoms with Gasteiger partial charge in [0.1, 0.15) is 6.54 Å². The van der Waals surface area contributed by atoms with Crippen LogP contribution in [0, 0.1) is 23.7 Å². The van der Waals surface area contributed by atoms with Crippen LogP contribution in [0.4, 0.5) is 18.9 Å². The molecule has 8 heteroatoms. The molecule has 26 heavy (non-hydrogen) atoms. The predicted molar refractivity (Wildman–Crippen MR) is 84.5 cm³/mol. The van der Waals surface area contributed by atoms with E-state index in [2.05, 4.69) is 5.32 Å². The number of allylic oxidation sites excluding steroid dienone is 2. The summed E-state index contributed by atoms with van der Waals surface area (Å²) < 4.78 is 39.0. The molecule has 1 N–H and O–H groups in total. The summed E-state index contributed by atoms with van der Waals surface area (Å²) in [6.45, 7) is -0.573. The molecule has 4 rings (SSSR count). The molecule has 1 aromatic rings. The van der Waals surface area contributed by atoms with E-state index in [0.29, 0.717) is 0 Å². The third-order valence-electron chi connectivity index (χ3n) is 5.37. The van der Waals surface area contributed by atoms with Gasteiger partial charge in [-0.3, -0.25) is 19.3 Å². The zero-order valence-corrected chi connectivity index (χ0v) is 13.5. The minimum Gasteiger partial charge on any atom is -0.324 e. The number of halogens is 3. The Morgan fingerprint density at radius 2 is 1.65 bits per heavy atom. The van der Waals surface area contributed by atoms with Crippen molar-refractivity contribution in [2.75, 3.05) is 11.9 Å². The first kappa shape index (κ1) is 16.8. The third kappa shape index (κ3) is 2.51. The van der Waals surface area contributed by atoms with E-state index in [1.165, 1.54) is 12.1 Å². The number of carbonyl (C=O) groups excluding carboxylic acids is 3. The van der Waals surface area contributed by atoms with E-state index in [1.54, 1.807) is 0 Å². The summed E-state index contributed by atoms with van der Waals surface area (Å²) in [4.78, 5) is 38.1. The molecule has 1 aromatic carbocycles. The third-order valence-corrected chi connectivity index (χ3v) is 5.37. The summed E-state index contributed by atoms with van der Waals surface area (Å²) in [7, 11) is 0. The summed E-state index contributed by atoms with van der Waals surface area (Å²) in [5.74, 6) is -2.49. The largest absolute Gasteiger partial charge is 0.418 e. The van der Waals surface area contributed by atoms with E-state index in [1.807, 2.05) is 12.2 Å². The van der Waals surface area contributed by atoms with Gasteiger partial charge in [-0.05, 0) is 30.4 Å². The monoisotopic (exact) mass is 364 g/mol. The number of nitrogens with one attached hydrogen (secondary N) is 1. The van der Waals surface area contributed by atoms with Gasteiger partial charge < -0.3 is 5.32 Å². The van der Waals surface area contributed by atoms with Crippen molar-refractivity contribution in [3.05, 3.63) is 42.0 Å². The molecular formula is C18H15F3N2O3. The van der Waals surface area contributed by atoms with Crippen LogP contribution in [0.25, 0.3) is 0 Å². The van der Waals surface area contributed by atoms with Gasteiger partial charge in [0.25, 0.3) is 0 Å². The molecule has 3 amide bonds. The maximum absolute atomic E-state index is 13.0. The highest BCUT2D eigenvalue weighted by Crippen LogP contribution is 2.52. The Kier molecular flexibility index (Phi) is 3.68. The van der Waals surface area contributed by atoms with Crippen LogP contribution < -0.4 is 5.32 Å². The Morgan fingerprint density at radius 3 is 2.23 bits per heavy atom. The Hall–Kier alpha value is -2.64. The number of alkyl halides is 3. The van der Waals surface area contributed by atoms with Gasteiger partial charge in [0.15, 0.2) is 0 Å². The lowest BCUT2D eigenvalue weighted by Gasteiger charge is -2.18. The van der Waals surface area contributed by atoms with Gasteiger partial charge >= 0.3 is 6.18 Å². The molecule has 136 valence electrons. The molecule has 5 nitrogen and oxygen atoms in total. The molecule has 0 radical (unpaired) electrons. The number of rotatable bonds is 3. The Labute approximate surface area is 146 Å². The summed E-state index contributed by atoms with van der Waals surface area (Å²) in [6, 6.07) is 4.57. The van der Waals surface area contributed by atoms with Crippen molar-refractivity contribution in [1.29, 1.82) is 0 Å². The van der Waals surface area contributed by atoms with Crippen molar-refractivity contribution in [2.45, 2.75) is 12.6 Å². The van der Waals surface area contributed by atoms with E-state index in [9.17, 15) is 27.6 Å². The maximum atomic E-state index is 13.0. The summed E-state index contributed by atoms with van der Waals surface area (Å²) in [6.07, 6.45) is 0.0111. The van der Waals surface area contributed by atoms with Gasteiger partial charge in [-0.25, -0.2) is 0 Å². The molecule has 1 saturated carbocycles. The zero-order valence-electron chi connectivity index (χ0n) is 13.5. The van der Waals surface area contributed by atoms with Gasteiger partial charge in [0, 0.05) is 0 Å². The first-order chi connectivity index (χ1) is 12.3. The Morgan fingerprint density at radius 1 is 1.08 bits per heavy atom. The van der Waals surface area contributed by atoms with Gasteiger partial charge in [-0.1, -0.05) is 24.3 Å². The number of fused-ring (bicyclic) bond motifs is 5. The van der Waals surface area contributed by atoms with Crippen LogP contribution in [0.2, 0.25) is 0 Å². The molecule has 2 fully saturated rings. The summed E-state index contributed by atoms with van der Waals surface area (Å²) in [5, 5.41) is 2.17. The van der Waals surface area contributed by atoms with Gasteiger partial charge in [0.2, 0.25) is 17.7 Å². The molecule has 2 aliphatic carbocycles. The lowest BCUT2D eigenvalue weighted by atomic mass is 9.85. The SMILES string of the molecule is O=C(CN1C(=O)[C@@H]2[C@H](C1=O)[C@@H]1C=C[C@H]2C1)Nc1ccccc1C(F)(F)F. The number of hydrogen-bond donors (Lipinski definition) is 1. The molecular weight excluding hydrogens is 349 g/mol. The molecule has 0 aromatic heterocycles. The highest BCUT2D eigenvalue weighted by Gasteiger charge is 2.59. The second-order valence-corrected chi connectivity index (χ2v) is 6.85. The van der Waals surface area contributed by atoms with Crippen molar-refractivity contribution in [1.82, 2.24) is 4.90 Å². The number of para-hydroxylation sites is 1. The van der Waals surface area contributed by atoms with E-state index in [-0.39, 0.29) is 11.8 Å². The van der Waals surface area contributed by atoms with Gasteiger partial charge in [-0.15, -0.1) is 0 Å². The summed E-state index contributed by atoms with van der Waals surface area (Å²) in [5.41, 5.74) is -1.38. The van der Waals surface area contributed by atoms with Crippen molar-refractivity contribution >= 4 is 23.4 Å². The Bertz CT molecular complexity index is 803. The van der Waals surface area contributed by atoms with Crippen LogP contribution in [0.3, 0.4) is 0 Å². The van der Waals surface area contributed by atoms with Gasteiger partial charge in [0.05, 0.1) is 23.1 Å². The van der Waals surface area contributed by atoms with Crippen LogP contribution in [-0.2, 0) is 20.6 Å². The number of imide groups is 1. The van der Waals surface area contributed by atoms with Crippen molar-refractivity contribution in [2.24, 2.45) is 23.7 Å². The summed E-state index contributed by atoms with van der Waals surface area (Å²) >= 11 is 0. The fourth-order valence-corrected chi connectivity index (χ4v) is 4.29. The van der Waals surface area contributed by atoms with Crippen molar-refractivity contribution in [3.63, 3.8) is 0 Å². The topological polar surface area (TPSA) is 66.5 Å². The van der Waals surface area contributed by atoms with Crippen LogP contribution in [0.5, 0.6) is 0 Å². The molecule has 1 aliphatic heterocycles. The quantitative estimate of drug-likeness (QED) is 0.662. The fourth-order valence-electron chi connectivity index (χ4n) is 4.29. The predicted octanol–water partition coefficient (Wildman–Crippen LogP) is 2.45. The second kappa shape index (κ2) is 5.69. The lowest BCUT2D eigenvalue weighted by Crippen LogP contribution is -2.39. The lowest BCUT2D eigenvalue weighted by molar-refractivity contribution is -0.143. The normalized spacial score (nSPS) is 29.4. The maximum Gasteiger partial charge on any atom is 0.418 e. The van der Waals surface area contributed by atoms with Crippen LogP contribution >= 0.6 is 0 Å². The highest BCUT2D eigenvalue weighted by atomic mass is 19.4. The fraction of sp³-hybridized carbons (Fsp3) is 0.389. The number of amides is 3. The number of hydrogen-bond acceptors (Lipinski definition) is 3. The van der Waals surface area contributed by atoms with E-state index in [4.69, 9.17) is 0 Å². The highest BCUT2D eigenvalue weighted by molar-refractivity contribution is 6.09. The minimum atomic E-state index is -4.62. The molecule has 0 unspecified atom stereocenters. The molecule has 1 saturated heterocycles.